The Morgan fingerprint density at radius 3 is 2.45 bits per heavy atom. The number of hydrogen-bond donors (Lipinski definition) is 5. The van der Waals surface area contributed by atoms with Gasteiger partial charge in [0, 0.05) is 59.7 Å². The summed E-state index contributed by atoms with van der Waals surface area (Å²) in [5.74, 6) is 0.0480. The fourth-order valence-electron chi connectivity index (χ4n) is 6.38. The molecule has 1 amide bonds. The number of ether oxygens (including phenoxy) is 3. The number of aliphatic hydroxyl groups is 4. The maximum absolute atomic E-state index is 12.4. The van der Waals surface area contributed by atoms with Crippen LogP contribution < -0.4 is 10.1 Å². The highest BCUT2D eigenvalue weighted by Gasteiger charge is 2.48. The van der Waals surface area contributed by atoms with Crippen molar-refractivity contribution in [3.05, 3.63) is 81.6 Å². The third-order valence-electron chi connectivity index (χ3n) is 9.79. The third kappa shape index (κ3) is 9.78. The largest absolute Gasteiger partial charge is 0.490 e. The van der Waals surface area contributed by atoms with Crippen LogP contribution in [0.25, 0.3) is 11.1 Å². The number of unbranched alkanes of at least 4 members (excludes halogenated alkanes) is 1. The summed E-state index contributed by atoms with van der Waals surface area (Å²) < 4.78 is 18.1. The second-order valence-electron chi connectivity index (χ2n) is 13.7. The molecule has 1 aromatic heterocycles. The Morgan fingerprint density at radius 2 is 1.71 bits per heavy atom. The molecule has 5 N–H and O–H groups in total. The highest BCUT2D eigenvalue weighted by Crippen LogP contribution is 2.53. The summed E-state index contributed by atoms with van der Waals surface area (Å²) in [5, 5.41) is 45.0. The van der Waals surface area contributed by atoms with E-state index in [0.717, 1.165) is 59.3 Å². The maximum atomic E-state index is 12.4. The van der Waals surface area contributed by atoms with E-state index in [-0.39, 0.29) is 25.8 Å². The monoisotopic (exact) mass is 743 g/mol. The topological polar surface area (TPSA) is 154 Å². The summed E-state index contributed by atoms with van der Waals surface area (Å²) in [7, 11) is 0. The third-order valence-corrected chi connectivity index (χ3v) is 10.5. The molecule has 276 valence electrons. The van der Waals surface area contributed by atoms with Gasteiger partial charge in [0.15, 0.2) is 6.10 Å². The predicted molar refractivity (Wildman–Crippen MR) is 193 cm³/mol. The molecule has 51 heavy (non-hydrogen) atoms. The molecule has 0 unspecified atom stereocenters. The van der Waals surface area contributed by atoms with Crippen LogP contribution in [0.3, 0.4) is 0 Å². The van der Waals surface area contributed by atoms with E-state index in [9.17, 15) is 25.2 Å². The predicted octanol–water partition coefficient (Wildman–Crippen LogP) is 4.02. The SMILES string of the molecule is O=C(NCCCCc1cc(Cl)c(COC2(c3cnccc3-c3ccccc3OC3CC3)CC2)cc1Cl)[C@H](O)[C@H](O)[C@@H](O)[C@H](O)CN1CCOCC1. The zero-order valence-corrected chi connectivity index (χ0v) is 30.1. The van der Waals surface area contributed by atoms with Gasteiger partial charge in [0.2, 0.25) is 0 Å². The van der Waals surface area contributed by atoms with Gasteiger partial charge in [-0.2, -0.15) is 0 Å². The number of aromatic nitrogens is 1. The van der Waals surface area contributed by atoms with Crippen LogP contribution in [0, 0.1) is 0 Å². The summed E-state index contributed by atoms with van der Waals surface area (Å²) in [6.07, 6.45) is 2.96. The van der Waals surface area contributed by atoms with Crippen LogP contribution in [-0.2, 0) is 32.9 Å². The van der Waals surface area contributed by atoms with Crippen molar-refractivity contribution in [3.63, 3.8) is 0 Å². The Bertz CT molecular complexity index is 1630. The molecule has 2 aromatic carbocycles. The van der Waals surface area contributed by atoms with E-state index in [0.29, 0.717) is 55.6 Å². The van der Waals surface area contributed by atoms with E-state index in [1.165, 1.54) is 0 Å². The van der Waals surface area contributed by atoms with Crippen LogP contribution in [0.4, 0.5) is 0 Å². The van der Waals surface area contributed by atoms with Crippen LogP contribution in [-0.4, -0.2) is 106 Å². The van der Waals surface area contributed by atoms with Gasteiger partial charge in [-0.1, -0.05) is 41.4 Å². The molecule has 2 saturated carbocycles. The lowest BCUT2D eigenvalue weighted by Crippen LogP contribution is -2.54. The van der Waals surface area contributed by atoms with E-state index < -0.39 is 35.9 Å². The number of pyridine rings is 1. The van der Waals surface area contributed by atoms with Crippen molar-refractivity contribution in [2.45, 2.75) is 87.7 Å². The molecule has 0 bridgehead atoms. The van der Waals surface area contributed by atoms with Crippen LogP contribution >= 0.6 is 23.2 Å². The Balaban J connectivity index is 0.968. The molecule has 13 heteroatoms. The molecule has 6 rings (SSSR count). The van der Waals surface area contributed by atoms with Gasteiger partial charge >= 0.3 is 0 Å². The van der Waals surface area contributed by atoms with Crippen LogP contribution in [0.1, 0.15) is 55.2 Å². The van der Waals surface area contributed by atoms with E-state index in [1.807, 2.05) is 47.5 Å². The number of halogens is 2. The summed E-state index contributed by atoms with van der Waals surface area (Å²) >= 11 is 13.4. The molecule has 3 fully saturated rings. The number of aliphatic hydroxyl groups excluding tert-OH is 4. The van der Waals surface area contributed by atoms with Crippen molar-refractivity contribution >= 4 is 29.1 Å². The van der Waals surface area contributed by atoms with Gasteiger partial charge in [0.05, 0.1) is 37.6 Å². The number of benzene rings is 2. The number of β-amino-alcohol motifs (C(OH)–C–C–N with tert-alkyl or cyclic N) is 1. The highest BCUT2D eigenvalue weighted by molar-refractivity contribution is 6.34. The molecule has 4 atom stereocenters. The van der Waals surface area contributed by atoms with Crippen molar-refractivity contribution < 1.29 is 39.4 Å². The number of amides is 1. The fourth-order valence-corrected chi connectivity index (χ4v) is 6.91. The summed E-state index contributed by atoms with van der Waals surface area (Å²) in [6.45, 7) is 2.81. The first-order valence-corrected chi connectivity index (χ1v) is 18.5. The first kappa shape index (κ1) is 37.9. The van der Waals surface area contributed by atoms with Gasteiger partial charge in [-0.05, 0) is 85.9 Å². The first-order valence-electron chi connectivity index (χ1n) is 17.8. The Kier molecular flexibility index (Phi) is 12.9. The Labute approximate surface area is 308 Å². The molecule has 2 heterocycles. The lowest BCUT2D eigenvalue weighted by Gasteiger charge is -2.32. The van der Waals surface area contributed by atoms with E-state index in [4.69, 9.17) is 37.4 Å². The van der Waals surface area contributed by atoms with Crippen molar-refractivity contribution in [2.24, 2.45) is 0 Å². The lowest BCUT2D eigenvalue weighted by molar-refractivity contribution is -0.148. The highest BCUT2D eigenvalue weighted by atomic mass is 35.5. The van der Waals surface area contributed by atoms with Gasteiger partial charge in [0.25, 0.3) is 5.91 Å². The van der Waals surface area contributed by atoms with E-state index >= 15 is 0 Å². The zero-order chi connectivity index (χ0) is 36.0. The summed E-state index contributed by atoms with van der Waals surface area (Å²) in [5.41, 5.74) is 4.30. The van der Waals surface area contributed by atoms with Gasteiger partial charge in [0.1, 0.15) is 18.0 Å². The van der Waals surface area contributed by atoms with Crippen molar-refractivity contribution in [1.82, 2.24) is 15.2 Å². The average Bonchev–Trinajstić information content (AvgIpc) is 4.09. The average molecular weight is 745 g/mol. The number of rotatable bonds is 18. The molecule has 3 aliphatic rings. The molecule has 2 aliphatic carbocycles. The van der Waals surface area contributed by atoms with Gasteiger partial charge < -0.3 is 40.0 Å². The number of hydrogen-bond acceptors (Lipinski definition) is 10. The summed E-state index contributed by atoms with van der Waals surface area (Å²) in [4.78, 5) is 18.8. The minimum absolute atomic E-state index is 0.0927. The smallest absolute Gasteiger partial charge is 0.251 e. The quantitative estimate of drug-likeness (QED) is 0.121. The van der Waals surface area contributed by atoms with Crippen molar-refractivity contribution in [1.29, 1.82) is 0 Å². The molecule has 1 saturated heterocycles. The number of nitrogens with zero attached hydrogens (tertiary/aromatic N) is 2. The van der Waals surface area contributed by atoms with Gasteiger partial charge in [-0.15, -0.1) is 0 Å². The number of para-hydroxylation sites is 1. The van der Waals surface area contributed by atoms with E-state index in [2.05, 4.69) is 16.4 Å². The second-order valence-corrected chi connectivity index (χ2v) is 14.5. The molecular formula is C38H47Cl2N3O8. The lowest BCUT2D eigenvalue weighted by atomic mass is 9.96. The fraction of sp³-hybridized carbons (Fsp3) is 0.526. The number of carbonyl (C=O) groups excluding carboxylic acids is 1. The molecule has 1 aliphatic heterocycles. The second kappa shape index (κ2) is 17.3. The Hall–Kier alpha value is -2.84. The van der Waals surface area contributed by atoms with Crippen molar-refractivity contribution in [2.75, 3.05) is 39.4 Å². The van der Waals surface area contributed by atoms with Gasteiger partial charge in [-0.25, -0.2) is 0 Å². The number of nitrogens with one attached hydrogen (secondary N) is 1. The van der Waals surface area contributed by atoms with Gasteiger partial charge in [-0.3, -0.25) is 14.7 Å². The number of aryl methyl sites for hydroxylation is 1. The zero-order valence-electron chi connectivity index (χ0n) is 28.6. The molecule has 3 aromatic rings. The van der Waals surface area contributed by atoms with E-state index in [1.54, 1.807) is 6.20 Å². The standard InChI is InChI=1S/C38H47Cl2N3O8/c39-30-20-25(23-50-38(11-12-38)29-21-41-14-10-27(29)28-6-1-2-7-33(28)51-26-8-9-26)31(40)19-24(30)5-3-4-13-42-37(48)36(47)35(46)34(45)32(44)22-43-15-17-49-18-16-43/h1-2,6-7,10,14,19-21,26,32,34-36,44-47H,3-5,8-9,11-13,15-18,22-23H2,(H,42,48)/t32-,34+,35-,36-/m1/s1. The molecular weight excluding hydrogens is 697 g/mol. The summed E-state index contributed by atoms with van der Waals surface area (Å²) in [6, 6.07) is 13.8. The number of carbonyl (C=O) groups is 1. The van der Waals surface area contributed by atoms with Crippen LogP contribution in [0.5, 0.6) is 5.75 Å². The van der Waals surface area contributed by atoms with Crippen molar-refractivity contribution in [3.8, 4) is 16.9 Å². The first-order chi connectivity index (χ1) is 24.6. The van der Waals surface area contributed by atoms with Crippen LogP contribution in [0.2, 0.25) is 10.0 Å². The molecule has 0 radical (unpaired) electrons. The number of morpholine rings is 1. The molecule has 0 spiro atoms. The van der Waals surface area contributed by atoms with Crippen LogP contribution in [0.15, 0.2) is 54.9 Å². The minimum Gasteiger partial charge on any atom is -0.490 e. The maximum Gasteiger partial charge on any atom is 0.251 e. The minimum atomic E-state index is -1.89. The normalized spacial score (nSPS) is 19.6. The molecule has 11 nitrogen and oxygen atoms in total. The Morgan fingerprint density at radius 1 is 0.980 bits per heavy atom.